The number of hydrogen-bond acceptors (Lipinski definition) is 2. The van der Waals surface area contributed by atoms with E-state index in [2.05, 4.69) is 10.6 Å². The Morgan fingerprint density at radius 3 is 2.75 bits per heavy atom. The summed E-state index contributed by atoms with van der Waals surface area (Å²) in [5, 5.41) is 4.82. The Kier molecular flexibility index (Phi) is 6.66. The number of urea groups is 1. The smallest absolute Gasteiger partial charge is 0.321 e. The minimum Gasteiger partial charge on any atom is -0.338 e. The molecule has 110 valence electrons. The van der Waals surface area contributed by atoms with Gasteiger partial charge in [-0.3, -0.25) is 10.1 Å². The first-order valence-corrected chi connectivity index (χ1v) is 6.64. The molecule has 0 bridgehead atoms. The lowest BCUT2D eigenvalue weighted by atomic mass is 10.2. The summed E-state index contributed by atoms with van der Waals surface area (Å²) in [6, 6.07) is 5.78. The lowest BCUT2D eigenvalue weighted by Gasteiger charge is -2.13. The summed E-state index contributed by atoms with van der Waals surface area (Å²) in [5.74, 6) is -0.647. The van der Waals surface area contributed by atoms with Gasteiger partial charge in [0, 0.05) is 12.1 Å². The van der Waals surface area contributed by atoms with Crippen LogP contribution in [0.25, 0.3) is 0 Å². The van der Waals surface area contributed by atoms with Crippen molar-refractivity contribution in [1.29, 1.82) is 0 Å². The van der Waals surface area contributed by atoms with Gasteiger partial charge in [0.1, 0.15) is 12.4 Å². The lowest BCUT2D eigenvalue weighted by Crippen LogP contribution is -3.09. The number of quaternary nitrogens is 1. The average Bonchev–Trinajstić information content (AvgIpc) is 2.35. The number of carbonyl (C=O) groups is 2. The first-order valence-electron chi connectivity index (χ1n) is 6.64. The van der Waals surface area contributed by atoms with Crippen LogP contribution < -0.4 is 15.5 Å². The Balaban J connectivity index is 2.36. The molecule has 5 nitrogen and oxygen atoms in total. The topological polar surface area (TPSA) is 62.6 Å². The highest BCUT2D eigenvalue weighted by molar-refractivity contribution is 5.94. The van der Waals surface area contributed by atoms with E-state index in [1.165, 1.54) is 12.1 Å². The van der Waals surface area contributed by atoms with Crippen molar-refractivity contribution in [3.63, 3.8) is 0 Å². The molecular formula is C14H21FN3O2+. The van der Waals surface area contributed by atoms with Crippen LogP contribution in [0.2, 0.25) is 0 Å². The Morgan fingerprint density at radius 1 is 1.35 bits per heavy atom. The van der Waals surface area contributed by atoms with Gasteiger partial charge in [0.25, 0.3) is 5.91 Å². The van der Waals surface area contributed by atoms with Crippen molar-refractivity contribution < 1.29 is 18.9 Å². The van der Waals surface area contributed by atoms with Crippen LogP contribution in [-0.4, -0.2) is 32.1 Å². The van der Waals surface area contributed by atoms with E-state index < -0.39 is 6.03 Å². The van der Waals surface area contributed by atoms with Gasteiger partial charge in [-0.2, -0.15) is 0 Å². The molecule has 1 aromatic rings. The summed E-state index contributed by atoms with van der Waals surface area (Å²) in [6.45, 7) is 3.13. The summed E-state index contributed by atoms with van der Waals surface area (Å²) in [6.07, 6.45) is 0.812. The molecule has 0 saturated carbocycles. The number of benzene rings is 1. The van der Waals surface area contributed by atoms with Crippen LogP contribution in [0.4, 0.5) is 9.18 Å². The minimum atomic E-state index is -0.476. The van der Waals surface area contributed by atoms with Crippen molar-refractivity contribution in [2.45, 2.75) is 19.9 Å². The average molecular weight is 282 g/mol. The minimum absolute atomic E-state index is 0.149. The van der Waals surface area contributed by atoms with Crippen LogP contribution in [0.15, 0.2) is 24.3 Å². The van der Waals surface area contributed by atoms with E-state index in [-0.39, 0.29) is 18.3 Å². The molecule has 3 N–H and O–H groups in total. The van der Waals surface area contributed by atoms with Gasteiger partial charge < -0.3 is 10.2 Å². The Morgan fingerprint density at radius 2 is 2.10 bits per heavy atom. The lowest BCUT2D eigenvalue weighted by molar-refractivity contribution is -0.885. The zero-order chi connectivity index (χ0) is 15.0. The molecule has 0 fully saturated rings. The summed E-state index contributed by atoms with van der Waals surface area (Å²) in [4.78, 5) is 23.8. The molecule has 20 heavy (non-hydrogen) atoms. The number of hydrogen-bond donors (Lipinski definition) is 3. The molecule has 0 aromatic heterocycles. The summed E-state index contributed by atoms with van der Waals surface area (Å²) < 4.78 is 13.0. The summed E-state index contributed by atoms with van der Waals surface area (Å²) >= 11 is 0. The largest absolute Gasteiger partial charge is 0.338 e. The highest BCUT2D eigenvalue weighted by Crippen LogP contribution is 2.01. The Hall–Kier alpha value is -1.95. The maximum absolute atomic E-state index is 13.0. The fourth-order valence-corrected chi connectivity index (χ4v) is 1.79. The maximum atomic E-state index is 13.0. The molecule has 1 atom stereocenters. The van der Waals surface area contributed by atoms with Gasteiger partial charge in [-0.1, -0.05) is 19.1 Å². The molecule has 6 heteroatoms. The fourth-order valence-electron chi connectivity index (χ4n) is 1.79. The predicted octanol–water partition coefficient (Wildman–Crippen LogP) is 0.0762. The molecule has 0 heterocycles. The van der Waals surface area contributed by atoms with Gasteiger partial charge in [0.15, 0.2) is 6.54 Å². The zero-order valence-corrected chi connectivity index (χ0v) is 11.8. The molecule has 0 radical (unpaired) electrons. The van der Waals surface area contributed by atoms with Crippen molar-refractivity contribution in [2.24, 2.45) is 0 Å². The van der Waals surface area contributed by atoms with Gasteiger partial charge in [-0.25, -0.2) is 9.18 Å². The van der Waals surface area contributed by atoms with Crippen LogP contribution in [0, 0.1) is 5.82 Å². The van der Waals surface area contributed by atoms with Gasteiger partial charge >= 0.3 is 6.03 Å². The monoisotopic (exact) mass is 282 g/mol. The van der Waals surface area contributed by atoms with E-state index in [1.807, 2.05) is 14.0 Å². The molecule has 0 spiro atoms. The van der Waals surface area contributed by atoms with E-state index in [0.29, 0.717) is 13.1 Å². The van der Waals surface area contributed by atoms with Gasteiger partial charge in [0.2, 0.25) is 0 Å². The molecule has 0 aliphatic carbocycles. The van der Waals surface area contributed by atoms with Crippen molar-refractivity contribution in [3.05, 3.63) is 35.6 Å². The number of imide groups is 1. The second-order valence-corrected chi connectivity index (χ2v) is 4.74. The number of halogens is 1. The molecule has 1 rings (SSSR count). The predicted molar refractivity (Wildman–Crippen MR) is 73.7 cm³/mol. The normalized spacial score (nSPS) is 11.8. The third-order valence-electron chi connectivity index (χ3n) is 2.65. The Bertz CT molecular complexity index is 465. The fraction of sp³-hybridized carbons (Fsp3) is 0.429. The van der Waals surface area contributed by atoms with Crippen molar-refractivity contribution >= 4 is 11.9 Å². The molecule has 1 unspecified atom stereocenters. The standard InChI is InChI=1S/C14H20FN3O2/c1-3-7-16-14(20)17-13(19)10-18(2)9-11-5-4-6-12(15)8-11/h4-6,8H,3,7,9-10H2,1-2H3,(H2,16,17,19,20)/p+1. The second kappa shape index (κ2) is 8.27. The molecule has 3 amide bonds. The third kappa shape index (κ3) is 6.29. The molecular weight excluding hydrogens is 261 g/mol. The number of carbonyl (C=O) groups excluding carboxylic acids is 2. The molecule has 0 aliphatic heterocycles. The first kappa shape index (κ1) is 16.1. The highest BCUT2D eigenvalue weighted by atomic mass is 19.1. The quantitative estimate of drug-likeness (QED) is 0.692. The van der Waals surface area contributed by atoms with Crippen molar-refractivity contribution in [1.82, 2.24) is 10.6 Å². The van der Waals surface area contributed by atoms with Gasteiger partial charge in [0.05, 0.1) is 7.05 Å². The third-order valence-corrected chi connectivity index (χ3v) is 2.65. The van der Waals surface area contributed by atoms with E-state index in [9.17, 15) is 14.0 Å². The second-order valence-electron chi connectivity index (χ2n) is 4.74. The van der Waals surface area contributed by atoms with Crippen molar-refractivity contribution in [3.8, 4) is 0 Å². The number of nitrogens with one attached hydrogen (secondary N) is 3. The van der Waals surface area contributed by atoms with E-state index in [1.54, 1.807) is 12.1 Å². The van der Waals surface area contributed by atoms with Crippen LogP contribution in [0.5, 0.6) is 0 Å². The Labute approximate surface area is 118 Å². The van der Waals surface area contributed by atoms with Crippen LogP contribution in [-0.2, 0) is 11.3 Å². The molecule has 0 saturated heterocycles. The SMILES string of the molecule is CCCNC(=O)NC(=O)C[NH+](C)Cc1cccc(F)c1. The summed E-state index contributed by atoms with van der Waals surface area (Å²) in [7, 11) is 1.81. The summed E-state index contributed by atoms with van der Waals surface area (Å²) in [5.41, 5.74) is 0.811. The van der Waals surface area contributed by atoms with Gasteiger partial charge in [-0.05, 0) is 18.6 Å². The number of amides is 3. The first-order chi connectivity index (χ1) is 9.51. The zero-order valence-electron chi connectivity index (χ0n) is 11.8. The van der Waals surface area contributed by atoms with Crippen molar-refractivity contribution in [2.75, 3.05) is 20.1 Å². The van der Waals surface area contributed by atoms with Gasteiger partial charge in [-0.15, -0.1) is 0 Å². The molecule has 1 aromatic carbocycles. The van der Waals surface area contributed by atoms with Crippen LogP contribution in [0.3, 0.4) is 0 Å². The van der Waals surface area contributed by atoms with E-state index >= 15 is 0 Å². The maximum Gasteiger partial charge on any atom is 0.321 e. The number of rotatable bonds is 6. The van der Waals surface area contributed by atoms with Crippen LogP contribution in [0.1, 0.15) is 18.9 Å². The van der Waals surface area contributed by atoms with E-state index in [4.69, 9.17) is 0 Å². The highest BCUT2D eigenvalue weighted by Gasteiger charge is 2.13. The van der Waals surface area contributed by atoms with Crippen LogP contribution >= 0.6 is 0 Å². The van der Waals surface area contributed by atoms with E-state index in [0.717, 1.165) is 16.9 Å². The molecule has 0 aliphatic rings. The number of likely N-dealkylation sites (N-methyl/N-ethyl adjacent to an activating group) is 1.